The first-order chi connectivity index (χ1) is 6.08. The van der Waals surface area contributed by atoms with Crippen LogP contribution in [0.4, 0.5) is 0 Å². The van der Waals surface area contributed by atoms with Gasteiger partial charge in [0, 0.05) is 10.5 Å². The molecular formula is C11H16BrN. The van der Waals surface area contributed by atoms with Crippen LogP contribution in [0.15, 0.2) is 22.7 Å². The maximum atomic E-state index is 5.70. The molecule has 0 spiro atoms. The molecule has 0 aliphatic rings. The molecule has 2 heteroatoms. The lowest BCUT2D eigenvalue weighted by molar-refractivity contribution is 0.666. The molecule has 0 aliphatic heterocycles. The first kappa shape index (κ1) is 10.7. The second-order valence-corrected chi connectivity index (χ2v) is 4.57. The van der Waals surface area contributed by atoms with Crippen LogP contribution in [0.25, 0.3) is 0 Å². The summed E-state index contributed by atoms with van der Waals surface area (Å²) in [6.07, 6.45) is 2.12. The van der Waals surface area contributed by atoms with Crippen molar-refractivity contribution in [1.82, 2.24) is 0 Å². The molecule has 13 heavy (non-hydrogen) atoms. The van der Waals surface area contributed by atoms with Gasteiger partial charge in [0.25, 0.3) is 0 Å². The highest BCUT2D eigenvalue weighted by Crippen LogP contribution is 2.16. The van der Waals surface area contributed by atoms with Gasteiger partial charge in [-0.15, -0.1) is 0 Å². The molecule has 0 saturated heterocycles. The summed E-state index contributed by atoms with van der Waals surface area (Å²) in [5.41, 5.74) is 8.37. The molecule has 2 N–H and O–H groups in total. The lowest BCUT2D eigenvalue weighted by Gasteiger charge is -2.06. The van der Waals surface area contributed by atoms with E-state index in [-0.39, 0.29) is 0 Å². The lowest BCUT2D eigenvalue weighted by atomic mass is 10.0. The van der Waals surface area contributed by atoms with Gasteiger partial charge in [-0.25, -0.2) is 0 Å². The van der Waals surface area contributed by atoms with Crippen LogP contribution in [-0.4, -0.2) is 6.04 Å². The monoisotopic (exact) mass is 241 g/mol. The Balaban J connectivity index is 2.66. The van der Waals surface area contributed by atoms with Crippen LogP contribution in [-0.2, 0) is 6.42 Å². The maximum absolute atomic E-state index is 5.70. The SMILES string of the molecule is Cc1cc(Br)cc(CC[C@@H](C)N)c1. The number of aryl methyl sites for hydroxylation is 2. The summed E-state index contributed by atoms with van der Waals surface area (Å²) >= 11 is 3.49. The van der Waals surface area contributed by atoms with E-state index in [1.807, 2.05) is 6.92 Å². The van der Waals surface area contributed by atoms with Crippen LogP contribution in [0.2, 0.25) is 0 Å². The topological polar surface area (TPSA) is 26.0 Å². The van der Waals surface area contributed by atoms with E-state index >= 15 is 0 Å². The van der Waals surface area contributed by atoms with Crippen LogP contribution in [0.1, 0.15) is 24.5 Å². The van der Waals surface area contributed by atoms with Crippen LogP contribution >= 0.6 is 15.9 Å². The Morgan fingerprint density at radius 1 is 1.38 bits per heavy atom. The van der Waals surface area contributed by atoms with Gasteiger partial charge in [-0.1, -0.05) is 22.0 Å². The van der Waals surface area contributed by atoms with Crippen molar-refractivity contribution in [2.45, 2.75) is 32.7 Å². The van der Waals surface area contributed by atoms with E-state index in [2.05, 4.69) is 41.1 Å². The predicted octanol–water partition coefficient (Wildman–Crippen LogP) is 3.04. The normalized spacial score (nSPS) is 12.9. The van der Waals surface area contributed by atoms with Gasteiger partial charge in [0.05, 0.1) is 0 Å². The van der Waals surface area contributed by atoms with Gasteiger partial charge >= 0.3 is 0 Å². The second-order valence-electron chi connectivity index (χ2n) is 3.65. The van der Waals surface area contributed by atoms with Gasteiger partial charge < -0.3 is 5.73 Å². The second kappa shape index (κ2) is 4.77. The van der Waals surface area contributed by atoms with Gasteiger partial charge in [-0.3, -0.25) is 0 Å². The molecule has 0 fully saturated rings. The largest absolute Gasteiger partial charge is 0.328 e. The summed E-state index contributed by atoms with van der Waals surface area (Å²) in [6, 6.07) is 6.79. The van der Waals surface area contributed by atoms with Crippen molar-refractivity contribution in [3.63, 3.8) is 0 Å². The third-order valence-electron chi connectivity index (χ3n) is 1.99. The fraction of sp³-hybridized carbons (Fsp3) is 0.455. The Morgan fingerprint density at radius 3 is 2.62 bits per heavy atom. The smallest absolute Gasteiger partial charge is 0.0180 e. The number of halogens is 1. The lowest BCUT2D eigenvalue weighted by Crippen LogP contribution is -2.15. The summed E-state index contributed by atoms with van der Waals surface area (Å²) in [7, 11) is 0. The van der Waals surface area contributed by atoms with Gasteiger partial charge in [0.1, 0.15) is 0 Å². The zero-order chi connectivity index (χ0) is 9.84. The first-order valence-electron chi connectivity index (χ1n) is 4.59. The average molecular weight is 242 g/mol. The number of hydrogen-bond donors (Lipinski definition) is 1. The highest BCUT2D eigenvalue weighted by atomic mass is 79.9. The molecular weight excluding hydrogens is 226 g/mol. The molecule has 0 bridgehead atoms. The van der Waals surface area contributed by atoms with E-state index in [4.69, 9.17) is 5.73 Å². The van der Waals surface area contributed by atoms with Crippen molar-refractivity contribution in [1.29, 1.82) is 0 Å². The van der Waals surface area contributed by atoms with E-state index < -0.39 is 0 Å². The molecule has 0 unspecified atom stereocenters. The number of benzene rings is 1. The fourth-order valence-electron chi connectivity index (χ4n) is 1.35. The first-order valence-corrected chi connectivity index (χ1v) is 5.39. The quantitative estimate of drug-likeness (QED) is 0.866. The summed E-state index contributed by atoms with van der Waals surface area (Å²) in [6.45, 7) is 4.16. The van der Waals surface area contributed by atoms with Crippen molar-refractivity contribution < 1.29 is 0 Å². The molecule has 1 atom stereocenters. The molecule has 1 aromatic carbocycles. The molecule has 0 amide bonds. The molecule has 72 valence electrons. The number of nitrogens with two attached hydrogens (primary N) is 1. The Hall–Kier alpha value is -0.340. The van der Waals surface area contributed by atoms with Gasteiger partial charge in [-0.05, 0) is 49.9 Å². The molecule has 0 aliphatic carbocycles. The molecule has 1 aromatic rings. The van der Waals surface area contributed by atoms with Gasteiger partial charge in [-0.2, -0.15) is 0 Å². The minimum Gasteiger partial charge on any atom is -0.328 e. The van der Waals surface area contributed by atoms with E-state index in [1.165, 1.54) is 11.1 Å². The van der Waals surface area contributed by atoms with Crippen LogP contribution < -0.4 is 5.73 Å². The fourth-order valence-corrected chi connectivity index (χ4v) is 2.01. The number of rotatable bonds is 3. The molecule has 0 heterocycles. The zero-order valence-corrected chi connectivity index (χ0v) is 9.76. The summed E-state index contributed by atoms with van der Waals surface area (Å²) in [4.78, 5) is 0. The molecule has 1 rings (SSSR count). The highest BCUT2D eigenvalue weighted by Gasteiger charge is 1.99. The third kappa shape index (κ3) is 3.92. The molecule has 0 saturated carbocycles. The van der Waals surface area contributed by atoms with Gasteiger partial charge in [0.15, 0.2) is 0 Å². The number of hydrogen-bond acceptors (Lipinski definition) is 1. The third-order valence-corrected chi connectivity index (χ3v) is 2.45. The average Bonchev–Trinajstić information content (AvgIpc) is 1.99. The Bertz CT molecular complexity index is 261. The van der Waals surface area contributed by atoms with Crippen molar-refractivity contribution in [2.24, 2.45) is 5.73 Å². The van der Waals surface area contributed by atoms with Crippen molar-refractivity contribution in [3.8, 4) is 0 Å². The van der Waals surface area contributed by atoms with Crippen molar-refractivity contribution >= 4 is 15.9 Å². The van der Waals surface area contributed by atoms with Crippen LogP contribution in [0.5, 0.6) is 0 Å². The minimum atomic E-state index is 0.291. The summed E-state index contributed by atoms with van der Waals surface area (Å²) < 4.78 is 1.16. The van der Waals surface area contributed by atoms with Crippen LogP contribution in [0, 0.1) is 6.92 Å². The predicted molar refractivity (Wildman–Crippen MR) is 60.8 cm³/mol. The Labute approximate surface area is 88.5 Å². The molecule has 1 nitrogen and oxygen atoms in total. The van der Waals surface area contributed by atoms with E-state index in [0.717, 1.165) is 17.3 Å². The van der Waals surface area contributed by atoms with Crippen LogP contribution in [0.3, 0.4) is 0 Å². The standard InChI is InChI=1S/C11H16BrN/c1-8-5-10(4-3-9(2)13)7-11(12)6-8/h5-7,9H,3-4,13H2,1-2H3/t9-/m1/s1. The summed E-state index contributed by atoms with van der Waals surface area (Å²) in [5, 5.41) is 0. The minimum absolute atomic E-state index is 0.291. The zero-order valence-electron chi connectivity index (χ0n) is 8.18. The van der Waals surface area contributed by atoms with E-state index in [0.29, 0.717) is 6.04 Å². The van der Waals surface area contributed by atoms with Crippen molar-refractivity contribution in [2.75, 3.05) is 0 Å². The Morgan fingerprint density at radius 2 is 2.08 bits per heavy atom. The van der Waals surface area contributed by atoms with E-state index in [9.17, 15) is 0 Å². The van der Waals surface area contributed by atoms with Gasteiger partial charge in [0.2, 0.25) is 0 Å². The summed E-state index contributed by atoms with van der Waals surface area (Å²) in [5.74, 6) is 0. The molecule has 0 aromatic heterocycles. The van der Waals surface area contributed by atoms with E-state index in [1.54, 1.807) is 0 Å². The highest BCUT2D eigenvalue weighted by molar-refractivity contribution is 9.10. The maximum Gasteiger partial charge on any atom is 0.0180 e. The molecule has 0 radical (unpaired) electrons. The van der Waals surface area contributed by atoms with Crippen molar-refractivity contribution in [3.05, 3.63) is 33.8 Å². The Kier molecular flexibility index (Phi) is 3.94.